The van der Waals surface area contributed by atoms with Crippen molar-refractivity contribution in [2.45, 2.75) is 102 Å². The Hall–Kier alpha value is -2.45. The highest BCUT2D eigenvalue weighted by Crippen LogP contribution is 2.48. The van der Waals surface area contributed by atoms with E-state index in [0.717, 1.165) is 37.7 Å². The van der Waals surface area contributed by atoms with Gasteiger partial charge in [0.1, 0.15) is 5.60 Å². The van der Waals surface area contributed by atoms with Crippen LogP contribution in [0.3, 0.4) is 0 Å². The molecule has 1 saturated heterocycles. The van der Waals surface area contributed by atoms with Gasteiger partial charge in [-0.3, -0.25) is 9.59 Å². The molecule has 8 heteroatoms. The number of hydrogen-bond acceptors (Lipinski definition) is 7. The third kappa shape index (κ3) is 6.22. The molecule has 1 spiro atoms. The molecule has 3 aliphatic rings. The number of amides is 1. The van der Waals surface area contributed by atoms with Gasteiger partial charge in [-0.15, -0.1) is 6.58 Å². The van der Waals surface area contributed by atoms with Gasteiger partial charge in [-0.2, -0.15) is 0 Å². The number of aliphatic hydroxyl groups excluding tert-OH is 1. The maximum absolute atomic E-state index is 12.6. The normalized spacial score (nSPS) is 24.5. The molecule has 4 atom stereocenters. The number of nitrogens with one attached hydrogen (secondary N) is 2. The van der Waals surface area contributed by atoms with Crippen LogP contribution in [-0.2, 0) is 20.7 Å². The number of carbonyl (C=O) groups is 2. The largest absolute Gasteiger partial charge is 0.471 e. The van der Waals surface area contributed by atoms with Crippen LogP contribution in [0.5, 0.6) is 5.88 Å². The van der Waals surface area contributed by atoms with Gasteiger partial charge in [-0.1, -0.05) is 26.8 Å². The van der Waals surface area contributed by atoms with Gasteiger partial charge in [0.2, 0.25) is 5.88 Å². The molecule has 3 heterocycles. The fourth-order valence-corrected chi connectivity index (χ4v) is 5.23. The van der Waals surface area contributed by atoms with Crippen LogP contribution in [0.15, 0.2) is 24.9 Å². The number of carbonyl (C=O) groups excluding carboxylic acids is 2. The van der Waals surface area contributed by atoms with Crippen LogP contribution >= 0.6 is 0 Å². The summed E-state index contributed by atoms with van der Waals surface area (Å²) >= 11 is 0. The maximum Gasteiger partial charge on any atom is 0.306 e. The lowest BCUT2D eigenvalue weighted by atomic mass is 9.73. The Labute approximate surface area is 207 Å². The van der Waals surface area contributed by atoms with Crippen LogP contribution in [0, 0.1) is 5.41 Å². The van der Waals surface area contributed by atoms with Gasteiger partial charge < -0.3 is 25.2 Å². The zero-order valence-electron chi connectivity index (χ0n) is 21.1. The van der Waals surface area contributed by atoms with Crippen LogP contribution in [0.2, 0.25) is 0 Å². The number of cyclic esters (lactones) is 1. The van der Waals surface area contributed by atoms with E-state index in [-0.39, 0.29) is 41.9 Å². The number of ether oxygens (including phenoxy) is 2. The summed E-state index contributed by atoms with van der Waals surface area (Å²) in [7, 11) is 0. The second-order valence-corrected chi connectivity index (χ2v) is 11.5. The molecule has 3 N–H and O–H groups in total. The molecule has 1 aliphatic carbocycles. The molecule has 1 aromatic rings. The standard InChI is InChI=1S/C27H39N3O5/c1-5-7-19(30-24(33)22-8-9-23(32)34-22)21(31)16-28-20-14-27(10-6-11-27)35-25-18(20)12-17(15-29-25)13-26(2,3)4/h5,12,15,19-22,28,31H,1,6-11,13-14,16H2,2-4H3,(H,30,33)/t19-,20-,21+,22?/m0/s1. The fraction of sp³-hybridized carbons (Fsp3) is 0.667. The Morgan fingerprint density at radius 1 is 1.40 bits per heavy atom. The third-order valence-electron chi connectivity index (χ3n) is 7.16. The summed E-state index contributed by atoms with van der Waals surface area (Å²) in [6.45, 7) is 10.7. The van der Waals surface area contributed by atoms with Crippen LogP contribution in [0.25, 0.3) is 0 Å². The molecule has 1 saturated carbocycles. The van der Waals surface area contributed by atoms with Gasteiger partial charge in [-0.05, 0) is 49.1 Å². The first-order chi connectivity index (χ1) is 16.6. The molecule has 1 aromatic heterocycles. The zero-order valence-corrected chi connectivity index (χ0v) is 21.1. The SMILES string of the molecule is C=CC[C@H](NC(=O)C1CCC(=O)O1)[C@H](O)CN[C@H]1CC2(CCC2)Oc2ncc(CC(C)(C)C)cc21. The van der Waals surface area contributed by atoms with Crippen LogP contribution < -0.4 is 15.4 Å². The van der Waals surface area contributed by atoms with Crippen LogP contribution in [-0.4, -0.2) is 52.4 Å². The second kappa shape index (κ2) is 10.3. The maximum atomic E-state index is 12.6. The summed E-state index contributed by atoms with van der Waals surface area (Å²) in [5, 5.41) is 17.4. The van der Waals surface area contributed by atoms with Gasteiger partial charge in [0.05, 0.1) is 12.1 Å². The molecule has 1 amide bonds. The summed E-state index contributed by atoms with van der Waals surface area (Å²) in [5.74, 6) is -0.0580. The van der Waals surface area contributed by atoms with E-state index in [0.29, 0.717) is 18.7 Å². The van der Waals surface area contributed by atoms with Crippen LogP contribution in [0.4, 0.5) is 0 Å². The van der Waals surface area contributed by atoms with Crippen molar-refractivity contribution in [1.82, 2.24) is 15.6 Å². The molecular formula is C27H39N3O5. The molecule has 2 fully saturated rings. The van der Waals surface area contributed by atoms with E-state index in [1.807, 2.05) is 6.20 Å². The smallest absolute Gasteiger partial charge is 0.306 e. The predicted molar refractivity (Wildman–Crippen MR) is 132 cm³/mol. The Balaban J connectivity index is 1.44. The first-order valence-corrected chi connectivity index (χ1v) is 12.8. The summed E-state index contributed by atoms with van der Waals surface area (Å²) in [4.78, 5) is 28.6. The molecule has 0 radical (unpaired) electrons. The number of esters is 1. The highest BCUT2D eigenvalue weighted by molar-refractivity contribution is 5.86. The van der Waals surface area contributed by atoms with E-state index >= 15 is 0 Å². The number of fused-ring (bicyclic) bond motifs is 1. The molecule has 2 aliphatic heterocycles. The van der Waals surface area contributed by atoms with Crippen molar-refractivity contribution in [2.24, 2.45) is 5.41 Å². The van der Waals surface area contributed by atoms with Crippen molar-refractivity contribution in [2.75, 3.05) is 6.54 Å². The lowest BCUT2D eigenvalue weighted by molar-refractivity contribution is -0.148. The lowest BCUT2D eigenvalue weighted by Crippen LogP contribution is -2.52. The average Bonchev–Trinajstić information content (AvgIpc) is 3.21. The third-order valence-corrected chi connectivity index (χ3v) is 7.16. The number of aliphatic hydroxyl groups is 1. The van der Waals surface area contributed by atoms with Crippen molar-refractivity contribution in [1.29, 1.82) is 0 Å². The number of aromatic nitrogens is 1. The lowest BCUT2D eigenvalue weighted by Gasteiger charge is -2.47. The van der Waals surface area contributed by atoms with Gasteiger partial charge >= 0.3 is 5.97 Å². The summed E-state index contributed by atoms with van der Waals surface area (Å²) < 4.78 is 11.4. The van der Waals surface area contributed by atoms with Crippen molar-refractivity contribution < 1.29 is 24.2 Å². The van der Waals surface area contributed by atoms with E-state index in [9.17, 15) is 14.7 Å². The average molecular weight is 486 g/mol. The Morgan fingerprint density at radius 2 is 2.17 bits per heavy atom. The Morgan fingerprint density at radius 3 is 2.77 bits per heavy atom. The molecule has 8 nitrogen and oxygen atoms in total. The molecular weight excluding hydrogens is 446 g/mol. The first kappa shape index (κ1) is 25.6. The van der Waals surface area contributed by atoms with Crippen molar-refractivity contribution in [3.05, 3.63) is 36.0 Å². The number of pyridine rings is 1. The van der Waals surface area contributed by atoms with E-state index in [1.54, 1.807) is 6.08 Å². The van der Waals surface area contributed by atoms with E-state index in [4.69, 9.17) is 9.47 Å². The minimum atomic E-state index is -0.844. The molecule has 0 bridgehead atoms. The minimum Gasteiger partial charge on any atom is -0.471 e. The molecule has 1 unspecified atom stereocenters. The monoisotopic (exact) mass is 485 g/mol. The highest BCUT2D eigenvalue weighted by Gasteiger charge is 2.46. The highest BCUT2D eigenvalue weighted by atomic mass is 16.6. The summed E-state index contributed by atoms with van der Waals surface area (Å²) in [6, 6.07) is 1.65. The number of rotatable bonds is 9. The molecule has 0 aromatic carbocycles. The predicted octanol–water partition coefficient (Wildman–Crippen LogP) is 3.13. The van der Waals surface area contributed by atoms with Gasteiger partial charge in [0, 0.05) is 43.6 Å². The minimum absolute atomic E-state index is 0.00279. The zero-order chi connectivity index (χ0) is 25.2. The molecule has 35 heavy (non-hydrogen) atoms. The fourth-order valence-electron chi connectivity index (χ4n) is 5.23. The Bertz CT molecular complexity index is 953. The van der Waals surface area contributed by atoms with Crippen molar-refractivity contribution in [3.8, 4) is 5.88 Å². The van der Waals surface area contributed by atoms with Crippen molar-refractivity contribution >= 4 is 11.9 Å². The number of nitrogens with zero attached hydrogens (tertiary/aromatic N) is 1. The van der Waals surface area contributed by atoms with E-state index < -0.39 is 18.2 Å². The second-order valence-electron chi connectivity index (χ2n) is 11.5. The number of hydrogen-bond donors (Lipinski definition) is 3. The topological polar surface area (TPSA) is 110 Å². The van der Waals surface area contributed by atoms with E-state index in [1.165, 1.54) is 5.56 Å². The van der Waals surface area contributed by atoms with Gasteiger partial charge in [-0.25, -0.2) is 4.98 Å². The summed E-state index contributed by atoms with van der Waals surface area (Å²) in [6.07, 6.45) is 7.86. The van der Waals surface area contributed by atoms with Gasteiger partial charge in [0.25, 0.3) is 5.91 Å². The van der Waals surface area contributed by atoms with E-state index in [2.05, 4.69) is 49.0 Å². The Kier molecular flexibility index (Phi) is 7.52. The summed E-state index contributed by atoms with van der Waals surface area (Å²) in [5.41, 5.74) is 2.15. The quantitative estimate of drug-likeness (QED) is 0.364. The van der Waals surface area contributed by atoms with Gasteiger partial charge in [0.15, 0.2) is 6.10 Å². The van der Waals surface area contributed by atoms with Crippen molar-refractivity contribution in [3.63, 3.8) is 0 Å². The molecule has 4 rings (SSSR count). The first-order valence-electron chi connectivity index (χ1n) is 12.8. The molecule has 192 valence electrons. The van der Waals surface area contributed by atoms with Crippen LogP contribution in [0.1, 0.15) is 82.9 Å².